The van der Waals surface area contributed by atoms with E-state index in [2.05, 4.69) is 15.0 Å². The van der Waals surface area contributed by atoms with E-state index in [4.69, 9.17) is 16.2 Å². The summed E-state index contributed by atoms with van der Waals surface area (Å²) in [6, 6.07) is 12.9. The number of anilines is 2. The van der Waals surface area contributed by atoms with E-state index in [0.717, 1.165) is 10.8 Å². The molecular weight excluding hydrogens is 306 g/mol. The van der Waals surface area contributed by atoms with E-state index < -0.39 is 5.56 Å². The summed E-state index contributed by atoms with van der Waals surface area (Å²) in [5, 5.41) is 1.77. The van der Waals surface area contributed by atoms with Crippen molar-refractivity contribution in [2.45, 2.75) is 0 Å². The Bertz CT molecular complexity index is 1140. The van der Waals surface area contributed by atoms with Crippen LogP contribution in [0.1, 0.15) is 0 Å². The van der Waals surface area contributed by atoms with Crippen molar-refractivity contribution in [1.82, 2.24) is 15.0 Å². The highest BCUT2D eigenvalue weighted by Gasteiger charge is 2.11. The molecule has 5 N–H and O–H groups in total. The molecule has 0 saturated carbocycles. The van der Waals surface area contributed by atoms with Crippen LogP contribution in [-0.4, -0.2) is 15.0 Å². The van der Waals surface area contributed by atoms with Crippen LogP contribution in [0.5, 0.6) is 11.5 Å². The Kier molecular flexibility index (Phi) is 3.06. The van der Waals surface area contributed by atoms with Crippen LogP contribution in [0.15, 0.2) is 53.5 Å². The number of aromatic amines is 1. The van der Waals surface area contributed by atoms with Crippen LogP contribution in [0.25, 0.3) is 21.9 Å². The van der Waals surface area contributed by atoms with E-state index >= 15 is 0 Å². The third-order valence-electron chi connectivity index (χ3n) is 3.72. The molecule has 2 aromatic carbocycles. The highest BCUT2D eigenvalue weighted by Crippen LogP contribution is 2.34. The molecule has 4 aromatic rings. The molecule has 118 valence electrons. The fraction of sp³-hybridized carbons (Fsp3) is 0. The van der Waals surface area contributed by atoms with E-state index in [9.17, 15) is 4.79 Å². The van der Waals surface area contributed by atoms with E-state index in [-0.39, 0.29) is 5.82 Å². The molecule has 0 atom stereocenters. The summed E-state index contributed by atoms with van der Waals surface area (Å²) in [5.74, 6) is 0.930. The average Bonchev–Trinajstić information content (AvgIpc) is 2.59. The number of pyridine rings is 1. The highest BCUT2D eigenvalue weighted by atomic mass is 16.5. The molecule has 7 heteroatoms. The lowest BCUT2D eigenvalue weighted by Gasteiger charge is -2.11. The molecule has 24 heavy (non-hydrogen) atoms. The van der Waals surface area contributed by atoms with Crippen LogP contribution >= 0.6 is 0 Å². The maximum atomic E-state index is 11.6. The molecule has 0 aliphatic heterocycles. The van der Waals surface area contributed by atoms with E-state index in [1.807, 2.05) is 24.3 Å². The Morgan fingerprint density at radius 1 is 0.958 bits per heavy atom. The van der Waals surface area contributed by atoms with Gasteiger partial charge in [0.2, 0.25) is 0 Å². The Morgan fingerprint density at radius 2 is 1.75 bits per heavy atom. The van der Waals surface area contributed by atoms with E-state index in [0.29, 0.717) is 28.4 Å². The molecule has 2 aromatic heterocycles. The molecule has 4 rings (SSSR count). The maximum absolute atomic E-state index is 11.6. The van der Waals surface area contributed by atoms with Gasteiger partial charge in [0.1, 0.15) is 5.75 Å². The fourth-order valence-corrected chi connectivity index (χ4v) is 2.56. The third kappa shape index (κ3) is 2.19. The molecule has 0 fully saturated rings. The largest absolute Gasteiger partial charge is 0.454 e. The molecule has 0 aliphatic rings. The van der Waals surface area contributed by atoms with E-state index in [1.54, 1.807) is 18.2 Å². The number of fused-ring (bicyclic) bond motifs is 2. The normalized spacial score (nSPS) is 11.0. The first-order chi connectivity index (χ1) is 11.6. The summed E-state index contributed by atoms with van der Waals surface area (Å²) in [6.45, 7) is 0. The van der Waals surface area contributed by atoms with Crippen molar-refractivity contribution >= 4 is 33.4 Å². The predicted octanol–water partition coefficient (Wildman–Crippen LogP) is 2.43. The van der Waals surface area contributed by atoms with Crippen molar-refractivity contribution in [3.8, 4) is 11.5 Å². The minimum absolute atomic E-state index is 0.137. The van der Waals surface area contributed by atoms with Crippen LogP contribution in [-0.2, 0) is 0 Å². The number of H-pyrrole nitrogens is 1. The Labute approximate surface area is 135 Å². The molecular formula is C17H13N5O2. The van der Waals surface area contributed by atoms with Crippen molar-refractivity contribution < 1.29 is 4.74 Å². The zero-order valence-electron chi connectivity index (χ0n) is 12.5. The van der Waals surface area contributed by atoms with Gasteiger partial charge in [0.05, 0.1) is 0 Å². The number of benzene rings is 2. The van der Waals surface area contributed by atoms with Gasteiger partial charge in [-0.15, -0.1) is 0 Å². The quantitative estimate of drug-likeness (QED) is 0.488. The SMILES string of the molecule is Nc1nc2c(Oc3ccc(N)c4ccccc34)ccnc2[nH]c1=O. The summed E-state index contributed by atoms with van der Waals surface area (Å²) in [4.78, 5) is 22.3. The van der Waals surface area contributed by atoms with Gasteiger partial charge in [-0.1, -0.05) is 24.3 Å². The second-order valence-corrected chi connectivity index (χ2v) is 5.26. The third-order valence-corrected chi connectivity index (χ3v) is 3.72. The molecule has 0 amide bonds. The van der Waals surface area contributed by atoms with Crippen molar-refractivity contribution in [2.24, 2.45) is 0 Å². The minimum atomic E-state index is -0.481. The second-order valence-electron chi connectivity index (χ2n) is 5.26. The van der Waals surface area contributed by atoms with Crippen LogP contribution < -0.4 is 21.8 Å². The molecule has 0 saturated heterocycles. The Hall–Kier alpha value is -3.61. The van der Waals surface area contributed by atoms with Gasteiger partial charge < -0.3 is 21.2 Å². The molecule has 0 spiro atoms. The number of nitrogen functional groups attached to an aromatic ring is 2. The van der Waals surface area contributed by atoms with Gasteiger partial charge in [0.15, 0.2) is 22.7 Å². The van der Waals surface area contributed by atoms with Crippen molar-refractivity contribution in [2.75, 3.05) is 11.5 Å². The number of aromatic nitrogens is 3. The van der Waals surface area contributed by atoms with E-state index in [1.165, 1.54) is 6.20 Å². The highest BCUT2D eigenvalue weighted by molar-refractivity contribution is 5.97. The lowest BCUT2D eigenvalue weighted by molar-refractivity contribution is 0.492. The van der Waals surface area contributed by atoms with Crippen molar-refractivity contribution in [3.63, 3.8) is 0 Å². The number of ether oxygens (including phenoxy) is 1. The summed E-state index contributed by atoms with van der Waals surface area (Å²) >= 11 is 0. The topological polar surface area (TPSA) is 120 Å². The summed E-state index contributed by atoms with van der Waals surface area (Å²) < 4.78 is 6.02. The van der Waals surface area contributed by atoms with Gasteiger partial charge in [-0.3, -0.25) is 4.79 Å². The first-order valence-corrected chi connectivity index (χ1v) is 7.23. The number of hydrogen-bond acceptors (Lipinski definition) is 6. The van der Waals surface area contributed by atoms with Crippen LogP contribution in [0.3, 0.4) is 0 Å². The smallest absolute Gasteiger partial charge is 0.292 e. The first kappa shape index (κ1) is 14.0. The number of nitrogens with two attached hydrogens (primary N) is 2. The standard InChI is InChI=1S/C17H13N5O2/c18-11-5-6-12(10-4-2-1-3-9(10)11)24-13-7-8-20-16-14(13)21-15(19)17(23)22-16/h1-8H,18H2,(H2,19,21)(H,20,22,23). The molecule has 0 unspecified atom stereocenters. The molecule has 7 nitrogen and oxygen atoms in total. The molecule has 0 aliphatic carbocycles. The minimum Gasteiger partial charge on any atom is -0.454 e. The van der Waals surface area contributed by atoms with Crippen LogP contribution in [0.4, 0.5) is 11.5 Å². The molecule has 0 radical (unpaired) electrons. The summed E-state index contributed by atoms with van der Waals surface area (Å²) in [6.07, 6.45) is 1.53. The van der Waals surface area contributed by atoms with Gasteiger partial charge in [-0.05, 0) is 12.1 Å². The Balaban J connectivity index is 1.90. The monoisotopic (exact) mass is 319 g/mol. The van der Waals surface area contributed by atoms with Crippen LogP contribution in [0, 0.1) is 0 Å². The number of rotatable bonds is 2. The zero-order chi connectivity index (χ0) is 16.7. The number of nitrogens with one attached hydrogen (secondary N) is 1. The van der Waals surface area contributed by atoms with Gasteiger partial charge >= 0.3 is 0 Å². The lowest BCUT2D eigenvalue weighted by atomic mass is 10.1. The zero-order valence-corrected chi connectivity index (χ0v) is 12.5. The van der Waals surface area contributed by atoms with Gasteiger partial charge in [0.25, 0.3) is 5.56 Å². The molecule has 0 bridgehead atoms. The summed E-state index contributed by atoms with van der Waals surface area (Å²) in [5.41, 5.74) is 12.5. The number of nitrogens with zero attached hydrogens (tertiary/aromatic N) is 2. The van der Waals surface area contributed by atoms with Crippen molar-refractivity contribution in [3.05, 3.63) is 59.0 Å². The van der Waals surface area contributed by atoms with Gasteiger partial charge in [-0.25, -0.2) is 9.97 Å². The van der Waals surface area contributed by atoms with Crippen molar-refractivity contribution in [1.29, 1.82) is 0 Å². The molecule has 2 heterocycles. The second kappa shape index (κ2) is 5.24. The lowest BCUT2D eigenvalue weighted by Crippen LogP contribution is -2.14. The van der Waals surface area contributed by atoms with Crippen LogP contribution in [0.2, 0.25) is 0 Å². The average molecular weight is 319 g/mol. The fourth-order valence-electron chi connectivity index (χ4n) is 2.56. The van der Waals surface area contributed by atoms with Gasteiger partial charge in [-0.2, -0.15) is 0 Å². The first-order valence-electron chi connectivity index (χ1n) is 7.23. The van der Waals surface area contributed by atoms with Gasteiger partial charge in [0, 0.05) is 28.7 Å². The predicted molar refractivity (Wildman–Crippen MR) is 93.0 cm³/mol. The maximum Gasteiger partial charge on any atom is 0.292 e. The number of hydrogen-bond donors (Lipinski definition) is 3. The Morgan fingerprint density at radius 3 is 2.58 bits per heavy atom. The summed E-state index contributed by atoms with van der Waals surface area (Å²) in [7, 11) is 0.